The number of aryl methyl sites for hydroxylation is 1. The van der Waals surface area contributed by atoms with Crippen LogP contribution in [0.3, 0.4) is 0 Å². The summed E-state index contributed by atoms with van der Waals surface area (Å²) in [6.07, 6.45) is -4.52. The molecule has 0 saturated heterocycles. The van der Waals surface area contributed by atoms with E-state index in [-0.39, 0.29) is 17.8 Å². The molecule has 0 aliphatic rings. The molecule has 2 rings (SSSR count). The maximum Gasteiger partial charge on any atom is 0.418 e. The Bertz CT molecular complexity index is 653. The number of alkyl halides is 3. The minimum absolute atomic E-state index is 0.0308. The summed E-state index contributed by atoms with van der Waals surface area (Å²) in [4.78, 5) is 0. The highest BCUT2D eigenvalue weighted by molar-refractivity contribution is 5.56. The van der Waals surface area contributed by atoms with Crippen molar-refractivity contribution >= 4 is 5.69 Å². The normalized spacial score (nSPS) is 11.2. The van der Waals surface area contributed by atoms with E-state index >= 15 is 0 Å². The van der Waals surface area contributed by atoms with Crippen molar-refractivity contribution in [3.63, 3.8) is 0 Å². The molecule has 0 aliphatic heterocycles. The first-order valence-electron chi connectivity index (χ1n) is 5.80. The highest BCUT2D eigenvalue weighted by Gasteiger charge is 2.33. The Morgan fingerprint density at radius 2 is 2.00 bits per heavy atom. The summed E-state index contributed by atoms with van der Waals surface area (Å²) in [5.41, 5.74) is -0.970. The summed E-state index contributed by atoms with van der Waals surface area (Å²) in [5.74, 6) is 1.23. The van der Waals surface area contributed by atoms with Gasteiger partial charge in [-0.25, -0.2) is 0 Å². The summed E-state index contributed by atoms with van der Waals surface area (Å²) in [6.45, 7) is 1.90. The molecule has 0 fully saturated rings. The lowest BCUT2D eigenvalue weighted by Crippen LogP contribution is -2.11. The fourth-order valence-corrected chi connectivity index (χ4v) is 1.76. The second-order valence-corrected chi connectivity index (χ2v) is 4.24. The fraction of sp³-hybridized carbons (Fsp3) is 0.214. The van der Waals surface area contributed by atoms with Gasteiger partial charge in [0.05, 0.1) is 23.7 Å². The molecule has 1 aromatic carbocycles. The van der Waals surface area contributed by atoms with Crippen LogP contribution in [0.2, 0.25) is 0 Å². The third-order valence-electron chi connectivity index (χ3n) is 2.70. The Hall–Kier alpha value is -2.42. The van der Waals surface area contributed by atoms with E-state index in [0.29, 0.717) is 11.5 Å². The first kappa shape index (κ1) is 14.0. The van der Waals surface area contributed by atoms with Crippen LogP contribution in [-0.2, 0) is 12.7 Å². The van der Waals surface area contributed by atoms with Crippen LogP contribution in [0.25, 0.3) is 0 Å². The van der Waals surface area contributed by atoms with E-state index in [1.54, 1.807) is 25.1 Å². The zero-order valence-corrected chi connectivity index (χ0v) is 10.6. The smallest absolute Gasteiger partial charge is 0.418 e. The number of anilines is 1. The standard InChI is InChI=1S/C14H11F3N2O/c1-9-2-4-11(20-9)8-19-13-5-3-10(7-18)6-12(13)14(15,16)17/h2-6,19H,8H2,1H3. The molecule has 3 nitrogen and oxygen atoms in total. The molecule has 2 aromatic rings. The van der Waals surface area contributed by atoms with Crippen LogP contribution in [0.4, 0.5) is 18.9 Å². The van der Waals surface area contributed by atoms with Crippen LogP contribution in [0.5, 0.6) is 0 Å². The highest BCUT2D eigenvalue weighted by atomic mass is 19.4. The quantitative estimate of drug-likeness (QED) is 0.921. The van der Waals surface area contributed by atoms with Crippen LogP contribution in [0.15, 0.2) is 34.7 Å². The van der Waals surface area contributed by atoms with Gasteiger partial charge >= 0.3 is 6.18 Å². The molecule has 20 heavy (non-hydrogen) atoms. The Labute approximate surface area is 113 Å². The lowest BCUT2D eigenvalue weighted by atomic mass is 10.1. The van der Waals surface area contributed by atoms with E-state index in [9.17, 15) is 13.2 Å². The van der Waals surface area contributed by atoms with Crippen molar-refractivity contribution in [2.24, 2.45) is 0 Å². The fourth-order valence-electron chi connectivity index (χ4n) is 1.76. The van der Waals surface area contributed by atoms with Gasteiger partial charge in [-0.05, 0) is 37.3 Å². The van der Waals surface area contributed by atoms with Gasteiger partial charge in [-0.1, -0.05) is 0 Å². The van der Waals surface area contributed by atoms with E-state index < -0.39 is 11.7 Å². The maximum atomic E-state index is 12.9. The van der Waals surface area contributed by atoms with Crippen molar-refractivity contribution in [2.75, 3.05) is 5.32 Å². The van der Waals surface area contributed by atoms with Gasteiger partial charge in [0, 0.05) is 5.69 Å². The number of nitrogens with zero attached hydrogens (tertiary/aromatic N) is 1. The average molecular weight is 280 g/mol. The Morgan fingerprint density at radius 3 is 2.55 bits per heavy atom. The van der Waals surface area contributed by atoms with Gasteiger partial charge in [0.25, 0.3) is 0 Å². The lowest BCUT2D eigenvalue weighted by molar-refractivity contribution is -0.137. The van der Waals surface area contributed by atoms with Crippen molar-refractivity contribution in [1.82, 2.24) is 0 Å². The van der Waals surface area contributed by atoms with Crippen LogP contribution in [-0.4, -0.2) is 0 Å². The van der Waals surface area contributed by atoms with Crippen LogP contribution >= 0.6 is 0 Å². The molecule has 0 amide bonds. The van der Waals surface area contributed by atoms with Gasteiger partial charge in [-0.3, -0.25) is 0 Å². The number of rotatable bonds is 3. The van der Waals surface area contributed by atoms with Crippen LogP contribution in [0, 0.1) is 18.3 Å². The van der Waals surface area contributed by atoms with E-state index in [1.807, 2.05) is 0 Å². The van der Waals surface area contributed by atoms with E-state index in [2.05, 4.69) is 5.32 Å². The second kappa shape index (κ2) is 5.29. The molecular formula is C14H11F3N2O. The van der Waals surface area contributed by atoms with Gasteiger partial charge in [0.2, 0.25) is 0 Å². The molecule has 1 aromatic heterocycles. The van der Waals surface area contributed by atoms with Gasteiger partial charge < -0.3 is 9.73 Å². The van der Waals surface area contributed by atoms with Crippen molar-refractivity contribution < 1.29 is 17.6 Å². The minimum Gasteiger partial charge on any atom is -0.465 e. The Kier molecular flexibility index (Phi) is 3.70. The molecule has 6 heteroatoms. The van der Waals surface area contributed by atoms with E-state index in [1.165, 1.54) is 12.1 Å². The summed E-state index contributed by atoms with van der Waals surface area (Å²) >= 11 is 0. The molecule has 0 saturated carbocycles. The summed E-state index contributed by atoms with van der Waals surface area (Å²) in [6, 6.07) is 8.54. The maximum absolute atomic E-state index is 12.9. The molecule has 0 unspecified atom stereocenters. The number of nitriles is 1. The van der Waals surface area contributed by atoms with E-state index in [4.69, 9.17) is 9.68 Å². The molecule has 0 bridgehead atoms. The lowest BCUT2D eigenvalue weighted by Gasteiger charge is -2.14. The zero-order chi connectivity index (χ0) is 14.8. The molecule has 104 valence electrons. The molecule has 0 aliphatic carbocycles. The van der Waals surface area contributed by atoms with Crippen molar-refractivity contribution in [3.8, 4) is 6.07 Å². The second-order valence-electron chi connectivity index (χ2n) is 4.24. The number of nitrogens with one attached hydrogen (secondary N) is 1. The molecule has 1 N–H and O–H groups in total. The third-order valence-corrected chi connectivity index (χ3v) is 2.70. The predicted octanol–water partition coefficient (Wildman–Crippen LogP) is 4.09. The number of furan rings is 1. The minimum atomic E-state index is -4.52. The van der Waals surface area contributed by atoms with E-state index in [0.717, 1.165) is 6.07 Å². The van der Waals surface area contributed by atoms with Gasteiger partial charge in [0.1, 0.15) is 11.5 Å². The number of benzene rings is 1. The van der Waals surface area contributed by atoms with Crippen molar-refractivity contribution in [3.05, 3.63) is 53.0 Å². The SMILES string of the molecule is Cc1ccc(CNc2ccc(C#N)cc2C(F)(F)F)o1. The van der Waals surface area contributed by atoms with Gasteiger partial charge in [-0.2, -0.15) is 18.4 Å². The molecule has 0 radical (unpaired) electrons. The predicted molar refractivity (Wildman–Crippen MR) is 66.9 cm³/mol. The summed E-state index contributed by atoms with van der Waals surface area (Å²) in [5, 5.41) is 11.4. The first-order valence-corrected chi connectivity index (χ1v) is 5.80. The number of hydrogen-bond donors (Lipinski definition) is 1. The average Bonchev–Trinajstić information content (AvgIpc) is 2.81. The van der Waals surface area contributed by atoms with Crippen LogP contribution < -0.4 is 5.32 Å². The molecule has 0 spiro atoms. The first-order chi connectivity index (χ1) is 9.40. The number of hydrogen-bond acceptors (Lipinski definition) is 3. The Balaban J connectivity index is 2.25. The monoisotopic (exact) mass is 280 g/mol. The van der Waals surface area contributed by atoms with Crippen molar-refractivity contribution in [1.29, 1.82) is 5.26 Å². The highest BCUT2D eigenvalue weighted by Crippen LogP contribution is 2.35. The molecule has 1 heterocycles. The van der Waals surface area contributed by atoms with Crippen molar-refractivity contribution in [2.45, 2.75) is 19.6 Å². The summed E-state index contributed by atoms with van der Waals surface area (Å²) < 4.78 is 44.0. The molecular weight excluding hydrogens is 269 g/mol. The molecule has 0 atom stereocenters. The van der Waals surface area contributed by atoms with Gasteiger partial charge in [0.15, 0.2) is 0 Å². The summed E-state index contributed by atoms with van der Waals surface area (Å²) in [7, 11) is 0. The number of halogens is 3. The van der Waals surface area contributed by atoms with Gasteiger partial charge in [-0.15, -0.1) is 0 Å². The topological polar surface area (TPSA) is 49.0 Å². The largest absolute Gasteiger partial charge is 0.465 e. The zero-order valence-electron chi connectivity index (χ0n) is 10.6. The Morgan fingerprint density at radius 1 is 1.25 bits per heavy atom. The third kappa shape index (κ3) is 3.12. The van der Waals surface area contributed by atoms with Crippen LogP contribution in [0.1, 0.15) is 22.6 Å².